The Bertz CT molecular complexity index is 1140. The Morgan fingerprint density at radius 1 is 0.564 bits per heavy atom. The van der Waals surface area contributed by atoms with E-state index in [2.05, 4.69) is 115 Å². The first-order valence-electron chi connectivity index (χ1n) is 14.3. The summed E-state index contributed by atoms with van der Waals surface area (Å²) < 4.78 is 6.98. The number of aliphatic hydroxyl groups is 3. The largest absolute Gasteiger partial charge is 0.485 e. The van der Waals surface area contributed by atoms with Crippen molar-refractivity contribution in [2.24, 2.45) is 5.41 Å². The highest BCUT2D eigenvalue weighted by Crippen LogP contribution is 2.47. The zero-order valence-electron chi connectivity index (χ0n) is 27.3. The van der Waals surface area contributed by atoms with Crippen molar-refractivity contribution in [2.75, 3.05) is 19.8 Å². The van der Waals surface area contributed by atoms with Crippen LogP contribution in [0.15, 0.2) is 24.3 Å². The van der Waals surface area contributed by atoms with Crippen LogP contribution in [0.3, 0.4) is 0 Å². The van der Waals surface area contributed by atoms with E-state index >= 15 is 0 Å². The molecular weight excluding hydrogens is 484 g/mol. The van der Waals surface area contributed by atoms with Crippen LogP contribution in [0.25, 0.3) is 0 Å². The number of hydrogen-bond acceptors (Lipinski definition) is 4. The van der Waals surface area contributed by atoms with Crippen molar-refractivity contribution < 1.29 is 20.1 Å². The molecule has 0 fully saturated rings. The summed E-state index contributed by atoms with van der Waals surface area (Å²) in [6, 6.07) is 8.40. The molecule has 3 N–H and O–H groups in total. The molecule has 0 spiro atoms. The van der Waals surface area contributed by atoms with E-state index in [9.17, 15) is 15.3 Å². The molecule has 0 aliphatic heterocycles. The van der Waals surface area contributed by atoms with Crippen molar-refractivity contribution in [2.45, 2.75) is 125 Å². The molecule has 0 bridgehead atoms. The minimum absolute atomic E-state index is 0.0353. The van der Waals surface area contributed by atoms with Gasteiger partial charge in [0.25, 0.3) is 0 Å². The standard InChI is InChI=1S/C35H56O4/c1-22-25(31(3,4)5)16-15-24(28(22)33(9,10)11)30(35(19-36,20-37)21-38)39-27-18-17-26(32(6,7)8)23(2)29(27)34(12,13)14/h15-18,30,36-38H,19-21H2,1-14H3. The normalized spacial score (nSPS) is 14.5. The minimum atomic E-state index is -1.29. The van der Waals surface area contributed by atoms with E-state index < -0.39 is 31.3 Å². The highest BCUT2D eigenvalue weighted by molar-refractivity contribution is 5.52. The average molecular weight is 541 g/mol. The minimum Gasteiger partial charge on any atom is -0.485 e. The smallest absolute Gasteiger partial charge is 0.136 e. The maximum absolute atomic E-state index is 10.7. The number of hydrogen-bond donors (Lipinski definition) is 3. The SMILES string of the molecule is Cc1c(C(C)(C)C)ccc(OC(c2ccc(C(C)(C)C)c(C)c2C(C)(C)C)C(CO)(CO)CO)c1C(C)(C)C. The van der Waals surface area contributed by atoms with Crippen LogP contribution in [0.1, 0.15) is 128 Å². The number of aliphatic hydroxyl groups excluding tert-OH is 3. The second-order valence-corrected chi connectivity index (χ2v) is 15.6. The predicted molar refractivity (Wildman–Crippen MR) is 164 cm³/mol. The first-order chi connectivity index (χ1) is 17.6. The summed E-state index contributed by atoms with van der Waals surface area (Å²) in [6.07, 6.45) is -0.777. The molecular formula is C35H56O4. The Hall–Kier alpha value is -1.88. The van der Waals surface area contributed by atoms with E-state index in [1.165, 1.54) is 22.3 Å². The molecule has 39 heavy (non-hydrogen) atoms. The van der Waals surface area contributed by atoms with E-state index in [1.54, 1.807) is 0 Å². The maximum atomic E-state index is 10.7. The second kappa shape index (κ2) is 11.2. The first kappa shape index (κ1) is 33.3. The molecule has 1 unspecified atom stereocenters. The van der Waals surface area contributed by atoms with Crippen molar-refractivity contribution in [1.29, 1.82) is 0 Å². The molecule has 0 aromatic heterocycles. The van der Waals surface area contributed by atoms with Gasteiger partial charge in [0.15, 0.2) is 0 Å². The fourth-order valence-corrected chi connectivity index (χ4v) is 6.33. The molecule has 0 heterocycles. The topological polar surface area (TPSA) is 69.9 Å². The van der Waals surface area contributed by atoms with Gasteiger partial charge >= 0.3 is 0 Å². The molecule has 0 saturated carbocycles. The van der Waals surface area contributed by atoms with E-state index in [0.717, 1.165) is 22.4 Å². The van der Waals surface area contributed by atoms with Gasteiger partial charge in [0, 0.05) is 5.56 Å². The maximum Gasteiger partial charge on any atom is 0.136 e. The monoisotopic (exact) mass is 540 g/mol. The van der Waals surface area contributed by atoms with E-state index in [-0.39, 0.29) is 21.7 Å². The summed E-state index contributed by atoms with van der Waals surface area (Å²) in [5.74, 6) is 0.718. The summed E-state index contributed by atoms with van der Waals surface area (Å²) in [5.41, 5.74) is 6.15. The van der Waals surface area contributed by atoms with Crippen LogP contribution >= 0.6 is 0 Å². The van der Waals surface area contributed by atoms with Gasteiger partial charge in [-0.05, 0) is 75.0 Å². The third kappa shape index (κ3) is 6.72. The molecule has 220 valence electrons. The lowest BCUT2D eigenvalue weighted by Crippen LogP contribution is -2.44. The quantitative estimate of drug-likeness (QED) is 0.339. The lowest BCUT2D eigenvalue weighted by molar-refractivity contribution is -0.0752. The van der Waals surface area contributed by atoms with Gasteiger partial charge < -0.3 is 20.1 Å². The molecule has 0 saturated heterocycles. The predicted octanol–water partition coefficient (Wildman–Crippen LogP) is 7.58. The van der Waals surface area contributed by atoms with Gasteiger partial charge in [-0.1, -0.05) is 101 Å². The summed E-state index contributed by atoms with van der Waals surface area (Å²) >= 11 is 0. The van der Waals surface area contributed by atoms with Crippen LogP contribution in [0.4, 0.5) is 0 Å². The summed E-state index contributed by atoms with van der Waals surface area (Å²) in [7, 11) is 0. The fraction of sp³-hybridized carbons (Fsp3) is 0.657. The molecule has 2 aromatic carbocycles. The van der Waals surface area contributed by atoms with Crippen LogP contribution in [0, 0.1) is 19.3 Å². The van der Waals surface area contributed by atoms with Crippen molar-refractivity contribution in [1.82, 2.24) is 0 Å². The molecule has 2 aromatic rings. The molecule has 2 rings (SSSR count). The van der Waals surface area contributed by atoms with Crippen molar-refractivity contribution in [3.63, 3.8) is 0 Å². The Morgan fingerprint density at radius 3 is 1.31 bits per heavy atom. The van der Waals surface area contributed by atoms with Crippen LogP contribution in [-0.4, -0.2) is 35.1 Å². The first-order valence-corrected chi connectivity index (χ1v) is 14.3. The summed E-state index contributed by atoms with van der Waals surface area (Å²) in [6.45, 7) is 29.5. The van der Waals surface area contributed by atoms with Crippen LogP contribution < -0.4 is 4.74 Å². The molecule has 4 heteroatoms. The van der Waals surface area contributed by atoms with Gasteiger partial charge in [0.2, 0.25) is 0 Å². The van der Waals surface area contributed by atoms with Crippen LogP contribution in [0.5, 0.6) is 5.75 Å². The molecule has 0 aliphatic rings. The van der Waals surface area contributed by atoms with Crippen molar-refractivity contribution >= 4 is 0 Å². The van der Waals surface area contributed by atoms with E-state index in [1.807, 2.05) is 6.07 Å². The van der Waals surface area contributed by atoms with Crippen molar-refractivity contribution in [3.8, 4) is 5.75 Å². The van der Waals surface area contributed by atoms with Gasteiger partial charge in [-0.2, -0.15) is 0 Å². The van der Waals surface area contributed by atoms with Gasteiger partial charge in [0.05, 0.1) is 25.2 Å². The number of ether oxygens (including phenoxy) is 1. The van der Waals surface area contributed by atoms with Crippen molar-refractivity contribution in [3.05, 3.63) is 63.2 Å². The van der Waals surface area contributed by atoms with Gasteiger partial charge in [-0.25, -0.2) is 0 Å². The number of benzene rings is 2. The Morgan fingerprint density at radius 2 is 0.949 bits per heavy atom. The van der Waals surface area contributed by atoms with E-state index in [4.69, 9.17) is 4.74 Å². The lowest BCUT2D eigenvalue weighted by Gasteiger charge is -2.41. The Labute approximate surface area is 238 Å². The zero-order chi connectivity index (χ0) is 30.4. The van der Waals surface area contributed by atoms with Gasteiger partial charge in [-0.15, -0.1) is 0 Å². The fourth-order valence-electron chi connectivity index (χ4n) is 6.33. The molecule has 4 nitrogen and oxygen atoms in total. The molecule has 0 amide bonds. The highest BCUT2D eigenvalue weighted by atomic mass is 16.5. The Balaban J connectivity index is 3.01. The van der Waals surface area contributed by atoms with Gasteiger partial charge in [0.1, 0.15) is 11.9 Å². The second-order valence-electron chi connectivity index (χ2n) is 15.6. The molecule has 0 radical (unpaired) electrons. The highest BCUT2D eigenvalue weighted by Gasteiger charge is 2.44. The summed E-state index contributed by atoms with van der Waals surface area (Å²) in [4.78, 5) is 0. The third-order valence-electron chi connectivity index (χ3n) is 8.07. The van der Waals surface area contributed by atoms with E-state index in [0.29, 0.717) is 0 Å². The van der Waals surface area contributed by atoms with Crippen LogP contribution in [0.2, 0.25) is 0 Å². The summed E-state index contributed by atoms with van der Waals surface area (Å²) in [5, 5.41) is 32.0. The third-order valence-corrected chi connectivity index (χ3v) is 8.07. The molecule has 1 atom stereocenters. The molecule has 0 aliphatic carbocycles. The lowest BCUT2D eigenvalue weighted by atomic mass is 9.70. The zero-order valence-corrected chi connectivity index (χ0v) is 27.3. The Kier molecular flexibility index (Phi) is 9.56. The van der Waals surface area contributed by atoms with Gasteiger partial charge in [-0.3, -0.25) is 0 Å². The van der Waals surface area contributed by atoms with Crippen LogP contribution in [-0.2, 0) is 21.7 Å². The average Bonchev–Trinajstić information content (AvgIpc) is 2.76. The number of rotatable bonds is 7.